The van der Waals surface area contributed by atoms with Crippen LogP contribution in [0, 0.1) is 0 Å². The van der Waals surface area contributed by atoms with Gasteiger partial charge >= 0.3 is 6.18 Å². The summed E-state index contributed by atoms with van der Waals surface area (Å²) < 4.78 is 40.2. The van der Waals surface area contributed by atoms with Crippen LogP contribution >= 0.6 is 23.4 Å². The molecule has 38 heavy (non-hydrogen) atoms. The zero-order chi connectivity index (χ0) is 28.0. The van der Waals surface area contributed by atoms with E-state index in [4.69, 9.17) is 17.3 Å². The van der Waals surface area contributed by atoms with Gasteiger partial charge in [0.1, 0.15) is 0 Å². The maximum atomic E-state index is 13.4. The van der Waals surface area contributed by atoms with E-state index in [0.29, 0.717) is 29.9 Å². The van der Waals surface area contributed by atoms with Crippen molar-refractivity contribution in [3.63, 3.8) is 0 Å². The third kappa shape index (κ3) is 7.51. The molecule has 206 valence electrons. The Morgan fingerprint density at radius 1 is 1.16 bits per heavy atom. The Balaban J connectivity index is 1.73. The number of nitrogens with zero attached hydrogens (tertiary/aromatic N) is 2. The summed E-state index contributed by atoms with van der Waals surface area (Å²) in [4.78, 5) is 28.8. The molecule has 3 rings (SSSR count). The SMILES string of the molecule is CC(C)N(CCO)CCN1C(=O)S/C(=C\c2ccc(NCc3ccc(Cl)cc3C(F)(F)F)c(CN)c2)C1=O. The fourth-order valence-electron chi connectivity index (χ4n) is 4.03. The maximum absolute atomic E-state index is 13.4. The van der Waals surface area contributed by atoms with Gasteiger partial charge in [0.15, 0.2) is 0 Å². The zero-order valence-corrected chi connectivity index (χ0v) is 22.6. The Labute approximate surface area is 228 Å². The number of nitrogens with two attached hydrogens (primary N) is 1. The predicted octanol–water partition coefficient (Wildman–Crippen LogP) is 5.17. The lowest BCUT2D eigenvalue weighted by Crippen LogP contribution is -2.41. The molecule has 1 saturated heterocycles. The molecule has 1 fully saturated rings. The standard InChI is InChI=1S/C26H30ClF3N4O3S/c1-16(2)33(9-10-35)7-8-34-24(36)23(38-25(34)37)12-17-3-6-22(19(11-17)14-31)32-15-18-4-5-20(27)13-21(18)26(28,29)30/h3-6,11-13,16,32,35H,7-10,14-15,31H2,1-2H3/b23-12-. The van der Waals surface area contributed by atoms with Crippen molar-refractivity contribution in [1.82, 2.24) is 9.80 Å². The van der Waals surface area contributed by atoms with Gasteiger partial charge in [-0.25, -0.2) is 0 Å². The zero-order valence-electron chi connectivity index (χ0n) is 21.0. The van der Waals surface area contributed by atoms with Gasteiger partial charge in [0.25, 0.3) is 11.1 Å². The summed E-state index contributed by atoms with van der Waals surface area (Å²) in [5, 5.41) is 11.9. The summed E-state index contributed by atoms with van der Waals surface area (Å²) in [6.45, 7) is 5.05. The number of aliphatic hydroxyl groups excluding tert-OH is 1. The van der Waals surface area contributed by atoms with E-state index in [1.54, 1.807) is 24.3 Å². The third-order valence-corrected chi connectivity index (χ3v) is 7.24. The molecule has 2 aromatic rings. The van der Waals surface area contributed by atoms with Gasteiger partial charge in [-0.05, 0) is 72.6 Å². The number of nitrogens with one attached hydrogen (secondary N) is 1. The largest absolute Gasteiger partial charge is 0.416 e. The number of hydrogen-bond donors (Lipinski definition) is 3. The Morgan fingerprint density at radius 2 is 1.89 bits per heavy atom. The van der Waals surface area contributed by atoms with Crippen molar-refractivity contribution >= 4 is 46.3 Å². The van der Waals surface area contributed by atoms with Gasteiger partial charge in [0.05, 0.1) is 17.1 Å². The van der Waals surface area contributed by atoms with Gasteiger partial charge in [-0.1, -0.05) is 23.7 Å². The number of benzene rings is 2. The van der Waals surface area contributed by atoms with Crippen LogP contribution in [-0.2, 0) is 24.1 Å². The molecule has 2 aromatic carbocycles. The van der Waals surface area contributed by atoms with Crippen molar-refractivity contribution in [2.45, 2.75) is 39.2 Å². The van der Waals surface area contributed by atoms with Gasteiger partial charge in [0, 0.05) is 49.5 Å². The van der Waals surface area contributed by atoms with Gasteiger partial charge in [-0.15, -0.1) is 0 Å². The Kier molecular flexibility index (Phi) is 10.2. The second kappa shape index (κ2) is 13.0. The number of imide groups is 1. The second-order valence-corrected chi connectivity index (χ2v) is 10.4. The van der Waals surface area contributed by atoms with Crippen LogP contribution in [0.5, 0.6) is 0 Å². The Bertz CT molecular complexity index is 1210. The van der Waals surface area contributed by atoms with Crippen LogP contribution in [0.1, 0.15) is 36.1 Å². The molecule has 0 unspecified atom stereocenters. The smallest absolute Gasteiger partial charge is 0.395 e. The lowest BCUT2D eigenvalue weighted by atomic mass is 10.1. The minimum atomic E-state index is -4.54. The molecule has 2 amide bonds. The first-order valence-electron chi connectivity index (χ1n) is 12.0. The third-order valence-electron chi connectivity index (χ3n) is 6.10. The highest BCUT2D eigenvalue weighted by Gasteiger charge is 2.35. The molecule has 1 aliphatic heterocycles. The van der Waals surface area contributed by atoms with Gasteiger partial charge in [-0.2, -0.15) is 13.2 Å². The summed E-state index contributed by atoms with van der Waals surface area (Å²) in [6, 6.07) is 8.88. The number of carbonyl (C=O) groups is 2. The highest BCUT2D eigenvalue weighted by Crippen LogP contribution is 2.35. The number of carbonyl (C=O) groups excluding carboxylic acids is 2. The van der Waals surface area contributed by atoms with Gasteiger partial charge in [-0.3, -0.25) is 19.4 Å². The quantitative estimate of drug-likeness (QED) is 0.321. The lowest BCUT2D eigenvalue weighted by molar-refractivity contribution is -0.138. The fourth-order valence-corrected chi connectivity index (χ4v) is 5.07. The van der Waals surface area contributed by atoms with E-state index in [2.05, 4.69) is 5.32 Å². The van der Waals surface area contributed by atoms with Crippen molar-refractivity contribution in [3.8, 4) is 0 Å². The van der Waals surface area contributed by atoms with E-state index in [1.165, 1.54) is 17.0 Å². The summed E-state index contributed by atoms with van der Waals surface area (Å²) in [5.41, 5.74) is 6.94. The van der Waals surface area contributed by atoms with Crippen molar-refractivity contribution < 1.29 is 27.9 Å². The van der Waals surface area contributed by atoms with Crippen LogP contribution in [0.4, 0.5) is 23.7 Å². The summed E-state index contributed by atoms with van der Waals surface area (Å²) in [7, 11) is 0. The number of anilines is 1. The minimum absolute atomic E-state index is 0.0000955. The van der Waals surface area contributed by atoms with Crippen molar-refractivity contribution in [3.05, 3.63) is 68.6 Å². The van der Waals surface area contributed by atoms with E-state index >= 15 is 0 Å². The normalized spacial score (nSPS) is 15.4. The van der Waals surface area contributed by atoms with Crippen molar-refractivity contribution in [2.24, 2.45) is 5.73 Å². The number of aliphatic hydroxyl groups is 1. The van der Waals surface area contributed by atoms with E-state index in [-0.39, 0.29) is 53.0 Å². The van der Waals surface area contributed by atoms with Crippen LogP contribution in [0.2, 0.25) is 5.02 Å². The van der Waals surface area contributed by atoms with Crippen LogP contribution in [0.3, 0.4) is 0 Å². The summed E-state index contributed by atoms with van der Waals surface area (Å²) in [6.07, 6.45) is -2.94. The van der Waals surface area contributed by atoms with Crippen LogP contribution in [0.25, 0.3) is 6.08 Å². The summed E-state index contributed by atoms with van der Waals surface area (Å²) >= 11 is 6.60. The second-order valence-electron chi connectivity index (χ2n) is 8.96. The van der Waals surface area contributed by atoms with Gasteiger partial charge in [0.2, 0.25) is 0 Å². The lowest BCUT2D eigenvalue weighted by Gasteiger charge is -2.27. The molecule has 0 bridgehead atoms. The monoisotopic (exact) mass is 570 g/mol. The average molecular weight is 571 g/mol. The molecule has 4 N–H and O–H groups in total. The van der Waals surface area contributed by atoms with E-state index in [0.717, 1.165) is 17.8 Å². The first-order valence-corrected chi connectivity index (χ1v) is 13.2. The molecule has 0 spiro atoms. The minimum Gasteiger partial charge on any atom is -0.395 e. The number of thioether (sulfide) groups is 1. The molecule has 1 aliphatic rings. The topological polar surface area (TPSA) is 98.9 Å². The molecular weight excluding hydrogens is 541 g/mol. The van der Waals surface area contributed by atoms with Crippen LogP contribution in [0.15, 0.2) is 41.3 Å². The Hall–Kier alpha value is -2.57. The molecule has 0 radical (unpaired) electrons. The average Bonchev–Trinajstić information content (AvgIpc) is 3.12. The highest BCUT2D eigenvalue weighted by atomic mass is 35.5. The highest BCUT2D eigenvalue weighted by molar-refractivity contribution is 8.18. The van der Waals surface area contributed by atoms with Crippen molar-refractivity contribution in [2.75, 3.05) is 31.6 Å². The predicted molar refractivity (Wildman–Crippen MR) is 145 cm³/mol. The molecule has 0 atom stereocenters. The molecule has 0 saturated carbocycles. The number of rotatable bonds is 11. The van der Waals surface area contributed by atoms with E-state index in [9.17, 15) is 27.9 Å². The first-order chi connectivity index (χ1) is 17.9. The molecule has 0 aromatic heterocycles. The number of hydrogen-bond acceptors (Lipinski definition) is 7. The van der Waals surface area contributed by atoms with Gasteiger partial charge < -0.3 is 16.2 Å². The number of halogens is 4. The maximum Gasteiger partial charge on any atom is 0.416 e. The summed E-state index contributed by atoms with van der Waals surface area (Å²) in [5.74, 6) is -0.397. The molecule has 1 heterocycles. The molecule has 0 aliphatic carbocycles. The first kappa shape index (κ1) is 30.0. The van der Waals surface area contributed by atoms with Crippen LogP contribution in [-0.4, -0.2) is 58.3 Å². The molecule has 7 nitrogen and oxygen atoms in total. The van der Waals surface area contributed by atoms with E-state index in [1.807, 2.05) is 18.7 Å². The van der Waals surface area contributed by atoms with Crippen LogP contribution < -0.4 is 11.1 Å². The number of amides is 2. The van der Waals surface area contributed by atoms with Crippen molar-refractivity contribution in [1.29, 1.82) is 0 Å². The molecular formula is C26H30ClF3N4O3S. The Morgan fingerprint density at radius 3 is 2.53 bits per heavy atom. The fraction of sp³-hybridized carbons (Fsp3) is 0.385. The van der Waals surface area contributed by atoms with E-state index < -0.39 is 17.6 Å². The number of alkyl halides is 3. The molecule has 12 heteroatoms.